The molecule has 7 nitrogen and oxygen atoms in total. The van der Waals surface area contributed by atoms with Crippen LogP contribution in [0.3, 0.4) is 0 Å². The van der Waals surface area contributed by atoms with Gasteiger partial charge in [0.2, 0.25) is 5.95 Å². The van der Waals surface area contributed by atoms with Crippen LogP contribution in [0.4, 0.5) is 5.95 Å². The van der Waals surface area contributed by atoms with Gasteiger partial charge < -0.3 is 14.5 Å². The van der Waals surface area contributed by atoms with Crippen LogP contribution in [0.1, 0.15) is 28.9 Å². The molecule has 1 unspecified atom stereocenters. The van der Waals surface area contributed by atoms with Crippen molar-refractivity contribution in [1.29, 1.82) is 0 Å². The molecule has 25 heavy (non-hydrogen) atoms. The van der Waals surface area contributed by atoms with Crippen LogP contribution in [-0.4, -0.2) is 52.5 Å². The standard InChI is InChI=1S/C18H18N4O3/c1-2-25-17(24)15-13-6-3-4-7-14(13)16(23)22(15)12-10-21(11-12)18-19-8-5-9-20-18/h3-9,12,15H,2,10-11H2,1H3. The topological polar surface area (TPSA) is 75.6 Å². The van der Waals surface area contributed by atoms with Gasteiger partial charge in [0.15, 0.2) is 6.04 Å². The van der Waals surface area contributed by atoms with Crippen molar-refractivity contribution in [3.05, 3.63) is 53.9 Å². The Balaban J connectivity index is 1.58. The summed E-state index contributed by atoms with van der Waals surface area (Å²) in [6, 6.07) is 8.26. The molecule has 2 aliphatic rings. The van der Waals surface area contributed by atoms with E-state index in [-0.39, 0.29) is 24.5 Å². The number of nitrogens with zero attached hydrogens (tertiary/aromatic N) is 4. The first-order chi connectivity index (χ1) is 12.2. The van der Waals surface area contributed by atoms with E-state index in [9.17, 15) is 9.59 Å². The molecular weight excluding hydrogens is 320 g/mol. The van der Waals surface area contributed by atoms with Crippen LogP contribution >= 0.6 is 0 Å². The van der Waals surface area contributed by atoms with Gasteiger partial charge in [0.25, 0.3) is 5.91 Å². The van der Waals surface area contributed by atoms with E-state index in [0.29, 0.717) is 24.6 Å². The van der Waals surface area contributed by atoms with Crippen molar-refractivity contribution in [3.8, 4) is 0 Å². The number of fused-ring (bicyclic) bond motifs is 1. The monoisotopic (exact) mass is 338 g/mol. The Morgan fingerprint density at radius 1 is 1.20 bits per heavy atom. The molecule has 3 heterocycles. The third-order valence-corrected chi connectivity index (χ3v) is 4.60. The number of rotatable bonds is 4. The summed E-state index contributed by atoms with van der Waals surface area (Å²) >= 11 is 0. The number of aromatic nitrogens is 2. The molecule has 1 saturated heterocycles. The van der Waals surface area contributed by atoms with Gasteiger partial charge in [-0.15, -0.1) is 0 Å². The highest BCUT2D eigenvalue weighted by Gasteiger charge is 2.48. The molecule has 1 fully saturated rings. The van der Waals surface area contributed by atoms with Crippen molar-refractivity contribution >= 4 is 17.8 Å². The van der Waals surface area contributed by atoms with Gasteiger partial charge in [-0.3, -0.25) is 4.79 Å². The van der Waals surface area contributed by atoms with Crippen molar-refractivity contribution < 1.29 is 14.3 Å². The number of amides is 1. The number of benzene rings is 1. The van der Waals surface area contributed by atoms with E-state index in [0.717, 1.165) is 5.56 Å². The molecule has 0 N–H and O–H groups in total. The minimum absolute atomic E-state index is 0.0712. The number of hydrogen-bond donors (Lipinski definition) is 0. The SMILES string of the molecule is CCOC(=O)C1c2ccccc2C(=O)N1C1CN(c2ncccn2)C1. The number of carbonyl (C=O) groups is 2. The second-order valence-electron chi connectivity index (χ2n) is 6.06. The molecule has 0 spiro atoms. The Labute approximate surface area is 145 Å². The normalized spacial score (nSPS) is 19.6. The summed E-state index contributed by atoms with van der Waals surface area (Å²) < 4.78 is 5.22. The van der Waals surface area contributed by atoms with Crippen LogP contribution in [0.15, 0.2) is 42.7 Å². The molecule has 0 bridgehead atoms. The summed E-state index contributed by atoms with van der Waals surface area (Å²) in [6.07, 6.45) is 3.38. The number of anilines is 1. The van der Waals surface area contributed by atoms with Crippen LogP contribution in [0, 0.1) is 0 Å². The molecular formula is C18H18N4O3. The van der Waals surface area contributed by atoms with E-state index in [1.807, 2.05) is 23.1 Å². The average Bonchev–Trinajstić information content (AvgIpc) is 2.88. The maximum Gasteiger partial charge on any atom is 0.333 e. The minimum Gasteiger partial charge on any atom is -0.464 e. The lowest BCUT2D eigenvalue weighted by Gasteiger charge is -2.45. The molecule has 1 aromatic carbocycles. The van der Waals surface area contributed by atoms with Crippen molar-refractivity contribution in [2.45, 2.75) is 19.0 Å². The highest BCUT2D eigenvalue weighted by Crippen LogP contribution is 2.38. The first-order valence-corrected chi connectivity index (χ1v) is 8.31. The molecule has 0 aliphatic carbocycles. The Morgan fingerprint density at radius 3 is 2.64 bits per heavy atom. The molecule has 128 valence electrons. The van der Waals surface area contributed by atoms with Crippen LogP contribution < -0.4 is 4.90 Å². The van der Waals surface area contributed by atoms with E-state index < -0.39 is 6.04 Å². The Hall–Kier alpha value is -2.96. The fraction of sp³-hybridized carbons (Fsp3) is 0.333. The summed E-state index contributed by atoms with van der Waals surface area (Å²) in [4.78, 5) is 37.5. The van der Waals surface area contributed by atoms with Gasteiger partial charge in [-0.2, -0.15) is 0 Å². The maximum absolute atomic E-state index is 12.9. The van der Waals surface area contributed by atoms with Crippen LogP contribution in [0.25, 0.3) is 0 Å². The van der Waals surface area contributed by atoms with Gasteiger partial charge in [0.05, 0.1) is 12.6 Å². The van der Waals surface area contributed by atoms with Crippen LogP contribution in [-0.2, 0) is 9.53 Å². The molecule has 2 aliphatic heterocycles. The quantitative estimate of drug-likeness (QED) is 0.785. The highest BCUT2D eigenvalue weighted by atomic mass is 16.5. The smallest absolute Gasteiger partial charge is 0.333 e. The number of carbonyl (C=O) groups excluding carboxylic acids is 2. The maximum atomic E-state index is 12.9. The molecule has 1 aromatic heterocycles. The number of ether oxygens (including phenoxy) is 1. The molecule has 7 heteroatoms. The first kappa shape index (κ1) is 15.6. The third-order valence-electron chi connectivity index (χ3n) is 4.60. The predicted octanol–water partition coefficient (Wildman–Crippen LogP) is 1.43. The molecule has 0 radical (unpaired) electrons. The van der Waals surface area contributed by atoms with Crippen LogP contribution in [0.5, 0.6) is 0 Å². The van der Waals surface area contributed by atoms with Gasteiger partial charge >= 0.3 is 5.97 Å². The van der Waals surface area contributed by atoms with Crippen molar-refractivity contribution in [2.75, 3.05) is 24.6 Å². The Morgan fingerprint density at radius 2 is 1.92 bits per heavy atom. The van der Waals surface area contributed by atoms with Crippen molar-refractivity contribution in [1.82, 2.24) is 14.9 Å². The largest absolute Gasteiger partial charge is 0.464 e. The van der Waals surface area contributed by atoms with Gasteiger partial charge in [0, 0.05) is 31.0 Å². The Bertz CT molecular complexity index is 805. The highest BCUT2D eigenvalue weighted by molar-refractivity contribution is 6.04. The fourth-order valence-corrected chi connectivity index (χ4v) is 3.42. The molecule has 2 aromatic rings. The van der Waals surface area contributed by atoms with E-state index in [2.05, 4.69) is 9.97 Å². The van der Waals surface area contributed by atoms with E-state index >= 15 is 0 Å². The summed E-state index contributed by atoms with van der Waals surface area (Å²) in [7, 11) is 0. The van der Waals surface area contributed by atoms with E-state index in [1.165, 1.54) is 0 Å². The molecule has 0 saturated carbocycles. The van der Waals surface area contributed by atoms with Gasteiger partial charge in [-0.1, -0.05) is 18.2 Å². The molecule has 4 rings (SSSR count). The van der Waals surface area contributed by atoms with E-state index in [4.69, 9.17) is 4.74 Å². The lowest BCUT2D eigenvalue weighted by atomic mass is 10.0. The summed E-state index contributed by atoms with van der Waals surface area (Å²) in [5.41, 5.74) is 1.30. The second-order valence-corrected chi connectivity index (χ2v) is 6.06. The Kier molecular flexibility index (Phi) is 3.83. The predicted molar refractivity (Wildman–Crippen MR) is 90.0 cm³/mol. The van der Waals surface area contributed by atoms with Crippen molar-refractivity contribution in [3.63, 3.8) is 0 Å². The second kappa shape index (κ2) is 6.16. The zero-order valence-corrected chi connectivity index (χ0v) is 13.8. The first-order valence-electron chi connectivity index (χ1n) is 8.31. The number of hydrogen-bond acceptors (Lipinski definition) is 6. The fourth-order valence-electron chi connectivity index (χ4n) is 3.42. The van der Waals surface area contributed by atoms with Gasteiger partial charge in [-0.25, -0.2) is 14.8 Å². The minimum atomic E-state index is -0.674. The molecule has 1 atom stereocenters. The third kappa shape index (κ3) is 2.52. The van der Waals surface area contributed by atoms with Gasteiger partial charge in [-0.05, 0) is 24.6 Å². The number of esters is 1. The molecule has 1 amide bonds. The summed E-state index contributed by atoms with van der Waals surface area (Å²) in [6.45, 7) is 3.25. The zero-order chi connectivity index (χ0) is 17.4. The summed E-state index contributed by atoms with van der Waals surface area (Å²) in [5, 5.41) is 0. The summed E-state index contributed by atoms with van der Waals surface area (Å²) in [5.74, 6) is 0.137. The van der Waals surface area contributed by atoms with Gasteiger partial charge in [0.1, 0.15) is 0 Å². The average molecular weight is 338 g/mol. The lowest BCUT2D eigenvalue weighted by Crippen LogP contribution is -2.61. The zero-order valence-electron chi connectivity index (χ0n) is 13.8. The lowest BCUT2D eigenvalue weighted by molar-refractivity contribution is -0.149. The van der Waals surface area contributed by atoms with Crippen LogP contribution in [0.2, 0.25) is 0 Å². The van der Waals surface area contributed by atoms with E-state index in [1.54, 1.807) is 36.4 Å². The van der Waals surface area contributed by atoms with Crippen molar-refractivity contribution in [2.24, 2.45) is 0 Å².